The van der Waals surface area contributed by atoms with E-state index in [1.807, 2.05) is 0 Å². The molecule has 13 heavy (non-hydrogen) atoms. The van der Waals surface area contributed by atoms with Gasteiger partial charge in [0.2, 0.25) is 0 Å². The molecule has 0 aromatic heterocycles. The highest BCUT2D eigenvalue weighted by Gasteiger charge is 2.41. The Labute approximate surface area is 89.1 Å². The van der Waals surface area contributed by atoms with Crippen LogP contribution in [0, 0.1) is 17.3 Å². The van der Waals surface area contributed by atoms with Gasteiger partial charge < -0.3 is 0 Å². The summed E-state index contributed by atoms with van der Waals surface area (Å²) in [5, 5.41) is 0. The van der Waals surface area contributed by atoms with Crippen LogP contribution < -0.4 is 0 Å². The predicted molar refractivity (Wildman–Crippen MR) is 62.3 cm³/mol. The van der Waals surface area contributed by atoms with Crippen LogP contribution in [0.5, 0.6) is 0 Å². The minimum Gasteiger partial charge on any atom is -0.119 e. The van der Waals surface area contributed by atoms with Crippen molar-refractivity contribution in [1.82, 2.24) is 0 Å². The molecule has 0 amide bonds. The summed E-state index contributed by atoms with van der Waals surface area (Å²) in [7, 11) is 0. The predicted octanol–water partition coefficient (Wildman–Crippen LogP) is 4.71. The molecular weight excluding hydrogens is 180 g/mol. The zero-order chi connectivity index (χ0) is 10.9. The van der Waals surface area contributed by atoms with Gasteiger partial charge in [0.1, 0.15) is 0 Å². The van der Waals surface area contributed by atoms with Crippen molar-refractivity contribution in [3.05, 3.63) is 0 Å². The summed E-state index contributed by atoms with van der Waals surface area (Å²) in [6.45, 7) is 15.6. The van der Waals surface area contributed by atoms with Crippen molar-refractivity contribution in [1.29, 1.82) is 0 Å². The smallest absolute Gasteiger partial charge is 0.0492 e. The molecule has 0 aromatic rings. The van der Waals surface area contributed by atoms with Crippen molar-refractivity contribution in [2.75, 3.05) is 0 Å². The number of alkyl halides is 1. The molecule has 0 N–H and O–H groups in total. The van der Waals surface area contributed by atoms with Gasteiger partial charge in [-0.05, 0) is 30.6 Å². The molecule has 0 heterocycles. The minimum atomic E-state index is -0.0999. The zero-order valence-corrected chi connectivity index (χ0v) is 11.0. The van der Waals surface area contributed by atoms with Gasteiger partial charge in [-0.2, -0.15) is 0 Å². The average molecular weight is 205 g/mol. The molecule has 0 rings (SSSR count). The molecule has 0 bridgehead atoms. The summed E-state index contributed by atoms with van der Waals surface area (Å²) in [5.74, 6) is 1.23. The molecule has 1 atom stereocenters. The molecule has 1 unspecified atom stereocenters. The van der Waals surface area contributed by atoms with Crippen LogP contribution in [-0.2, 0) is 0 Å². The van der Waals surface area contributed by atoms with Crippen molar-refractivity contribution >= 4 is 11.6 Å². The fourth-order valence-electron chi connectivity index (χ4n) is 2.00. The topological polar surface area (TPSA) is 0 Å². The van der Waals surface area contributed by atoms with Crippen molar-refractivity contribution in [3.8, 4) is 0 Å². The summed E-state index contributed by atoms with van der Waals surface area (Å²) in [5.41, 5.74) is 0.205. The number of halogens is 1. The number of rotatable bonds is 4. The molecular formula is C12H25Cl. The van der Waals surface area contributed by atoms with Crippen LogP contribution in [0.3, 0.4) is 0 Å². The van der Waals surface area contributed by atoms with Crippen LogP contribution in [-0.4, -0.2) is 4.87 Å². The second kappa shape index (κ2) is 4.21. The average Bonchev–Trinajstić information content (AvgIpc) is 1.83. The number of hydrogen-bond acceptors (Lipinski definition) is 0. The Kier molecular flexibility index (Phi) is 4.30. The van der Waals surface area contributed by atoms with E-state index in [2.05, 4.69) is 48.5 Å². The molecule has 0 aliphatic rings. The van der Waals surface area contributed by atoms with Crippen LogP contribution in [0.2, 0.25) is 0 Å². The lowest BCUT2D eigenvalue weighted by molar-refractivity contribution is 0.167. The molecule has 0 aliphatic carbocycles. The van der Waals surface area contributed by atoms with Gasteiger partial charge in [-0.15, -0.1) is 11.6 Å². The van der Waals surface area contributed by atoms with Crippen LogP contribution >= 0.6 is 11.6 Å². The Bertz CT molecular complexity index is 155. The van der Waals surface area contributed by atoms with Gasteiger partial charge in [-0.1, -0.05) is 41.5 Å². The molecule has 0 nitrogen and oxygen atoms in total. The van der Waals surface area contributed by atoms with Crippen LogP contribution in [0.15, 0.2) is 0 Å². The third-order valence-electron chi connectivity index (χ3n) is 3.33. The first kappa shape index (κ1) is 13.3. The van der Waals surface area contributed by atoms with Crippen LogP contribution in [0.25, 0.3) is 0 Å². The molecule has 0 saturated carbocycles. The summed E-state index contributed by atoms with van der Waals surface area (Å²) < 4.78 is 0. The van der Waals surface area contributed by atoms with Gasteiger partial charge in [0, 0.05) is 4.87 Å². The summed E-state index contributed by atoms with van der Waals surface area (Å²) in [4.78, 5) is -0.0999. The van der Waals surface area contributed by atoms with E-state index in [1.54, 1.807) is 0 Å². The fourth-order valence-corrected chi connectivity index (χ4v) is 2.08. The molecule has 1 heteroatoms. The molecule has 0 fully saturated rings. The standard InChI is InChI=1S/C12H25Cl/c1-9(2)8-11(5,6)12(7,13)10(3)4/h9-10H,8H2,1-7H3. The fraction of sp³-hybridized carbons (Fsp3) is 1.00. The van der Waals surface area contributed by atoms with Crippen LogP contribution in [0.1, 0.15) is 54.9 Å². The molecule has 0 aliphatic heterocycles. The van der Waals surface area contributed by atoms with Gasteiger partial charge in [-0.25, -0.2) is 0 Å². The first-order valence-corrected chi connectivity index (χ1v) is 5.68. The van der Waals surface area contributed by atoms with Crippen molar-refractivity contribution < 1.29 is 0 Å². The van der Waals surface area contributed by atoms with E-state index in [-0.39, 0.29) is 10.3 Å². The van der Waals surface area contributed by atoms with E-state index in [9.17, 15) is 0 Å². The van der Waals surface area contributed by atoms with E-state index in [1.165, 1.54) is 6.42 Å². The third kappa shape index (κ3) is 3.16. The second-order valence-corrected chi connectivity index (χ2v) is 6.50. The summed E-state index contributed by atoms with van der Waals surface area (Å²) in [6.07, 6.45) is 1.19. The lowest BCUT2D eigenvalue weighted by Crippen LogP contribution is -2.42. The summed E-state index contributed by atoms with van der Waals surface area (Å²) in [6, 6.07) is 0. The van der Waals surface area contributed by atoms with Gasteiger partial charge in [0.25, 0.3) is 0 Å². The second-order valence-electron chi connectivity index (χ2n) is 5.71. The Morgan fingerprint density at radius 2 is 1.38 bits per heavy atom. The van der Waals surface area contributed by atoms with Gasteiger partial charge >= 0.3 is 0 Å². The largest absolute Gasteiger partial charge is 0.119 e. The van der Waals surface area contributed by atoms with E-state index in [0.717, 1.165) is 0 Å². The minimum absolute atomic E-state index is 0.0999. The Balaban J connectivity index is 4.60. The maximum Gasteiger partial charge on any atom is 0.0492 e. The van der Waals surface area contributed by atoms with E-state index in [0.29, 0.717) is 11.8 Å². The van der Waals surface area contributed by atoms with Gasteiger partial charge in [-0.3, -0.25) is 0 Å². The highest BCUT2D eigenvalue weighted by Crippen LogP contribution is 2.46. The van der Waals surface area contributed by atoms with E-state index in [4.69, 9.17) is 11.6 Å². The first-order chi connectivity index (χ1) is 5.61. The highest BCUT2D eigenvalue weighted by molar-refractivity contribution is 6.24. The molecule has 0 aromatic carbocycles. The number of hydrogen-bond donors (Lipinski definition) is 0. The normalized spacial score (nSPS) is 18.0. The van der Waals surface area contributed by atoms with Crippen molar-refractivity contribution in [3.63, 3.8) is 0 Å². The molecule has 0 spiro atoms. The van der Waals surface area contributed by atoms with Crippen molar-refractivity contribution in [2.24, 2.45) is 17.3 Å². The van der Waals surface area contributed by atoms with E-state index < -0.39 is 0 Å². The maximum absolute atomic E-state index is 6.61. The zero-order valence-electron chi connectivity index (χ0n) is 10.2. The molecule has 0 radical (unpaired) electrons. The SMILES string of the molecule is CC(C)CC(C)(C)C(C)(Cl)C(C)C. The molecule has 0 saturated heterocycles. The van der Waals surface area contributed by atoms with E-state index >= 15 is 0 Å². The third-order valence-corrected chi connectivity index (χ3v) is 4.27. The highest BCUT2D eigenvalue weighted by atomic mass is 35.5. The maximum atomic E-state index is 6.61. The first-order valence-electron chi connectivity index (χ1n) is 5.30. The van der Waals surface area contributed by atoms with Gasteiger partial charge in [0.05, 0.1) is 0 Å². The lowest BCUT2D eigenvalue weighted by Gasteiger charge is -2.43. The Morgan fingerprint density at radius 1 is 1.00 bits per heavy atom. The van der Waals surface area contributed by atoms with Crippen LogP contribution in [0.4, 0.5) is 0 Å². The van der Waals surface area contributed by atoms with Crippen molar-refractivity contribution in [2.45, 2.75) is 59.8 Å². The molecule has 80 valence electrons. The quantitative estimate of drug-likeness (QED) is 0.582. The Morgan fingerprint density at radius 3 is 1.62 bits per heavy atom. The monoisotopic (exact) mass is 204 g/mol. The Hall–Kier alpha value is 0.290. The summed E-state index contributed by atoms with van der Waals surface area (Å²) >= 11 is 6.61. The van der Waals surface area contributed by atoms with Gasteiger partial charge in [0.15, 0.2) is 0 Å². The lowest BCUT2D eigenvalue weighted by atomic mass is 9.69.